The van der Waals surface area contributed by atoms with Crippen molar-refractivity contribution in [3.63, 3.8) is 0 Å². The van der Waals surface area contributed by atoms with Crippen LogP contribution in [0.25, 0.3) is 11.0 Å². The zero-order valence-electron chi connectivity index (χ0n) is 10.9. The molecule has 0 spiro atoms. The monoisotopic (exact) mass is 262 g/mol. The first-order valence-corrected chi connectivity index (χ1v) is 6.87. The van der Waals surface area contributed by atoms with E-state index in [1.54, 1.807) is 11.8 Å². The largest absolute Gasteiger partial charge is 0.388 e. The quantitative estimate of drug-likeness (QED) is 0.505. The lowest BCUT2D eigenvalue weighted by Gasteiger charge is -2.02. The van der Waals surface area contributed by atoms with Crippen molar-refractivity contribution in [3.05, 3.63) is 23.3 Å². The molecule has 3 N–H and O–H groups in total. The van der Waals surface area contributed by atoms with Gasteiger partial charge >= 0.3 is 0 Å². The van der Waals surface area contributed by atoms with Gasteiger partial charge in [0, 0.05) is 19.2 Å². The number of rotatable bonds is 4. The van der Waals surface area contributed by atoms with Crippen LogP contribution in [0.4, 0.5) is 0 Å². The second-order valence-electron chi connectivity index (χ2n) is 4.50. The molecule has 0 amide bonds. The lowest BCUT2D eigenvalue weighted by Crippen LogP contribution is -2.10. The van der Waals surface area contributed by atoms with Crippen molar-refractivity contribution in [1.29, 1.82) is 5.41 Å². The standard InChI is InChI=1S/C13H18N4S/c1-8-6-10-11(7-9(8)2)17(3)13(16-10)18-5-4-12(14)15/h6-7H,4-5H2,1-3H3,(H3,14,15). The molecule has 0 saturated carbocycles. The van der Waals surface area contributed by atoms with Gasteiger partial charge in [-0.25, -0.2) is 4.98 Å². The fourth-order valence-corrected chi connectivity index (χ4v) is 2.77. The molecule has 4 nitrogen and oxygen atoms in total. The Hall–Kier alpha value is -1.49. The Morgan fingerprint density at radius 3 is 2.72 bits per heavy atom. The molecule has 1 heterocycles. The summed E-state index contributed by atoms with van der Waals surface area (Å²) in [6, 6.07) is 4.30. The summed E-state index contributed by atoms with van der Waals surface area (Å²) in [4.78, 5) is 4.63. The highest BCUT2D eigenvalue weighted by Gasteiger charge is 2.09. The first kappa shape index (κ1) is 13.0. The SMILES string of the molecule is Cc1cc2nc(SCCC(=N)N)n(C)c2cc1C. The average Bonchev–Trinajstić information content (AvgIpc) is 2.57. The molecule has 0 atom stereocenters. The third kappa shape index (κ3) is 2.51. The van der Waals surface area contributed by atoms with E-state index in [0.29, 0.717) is 6.42 Å². The van der Waals surface area contributed by atoms with Crippen LogP contribution in [-0.2, 0) is 7.05 Å². The van der Waals surface area contributed by atoms with Crippen LogP contribution in [0.5, 0.6) is 0 Å². The minimum Gasteiger partial charge on any atom is -0.388 e. The summed E-state index contributed by atoms with van der Waals surface area (Å²) in [7, 11) is 2.03. The molecular weight excluding hydrogens is 244 g/mol. The van der Waals surface area contributed by atoms with Gasteiger partial charge < -0.3 is 10.3 Å². The van der Waals surface area contributed by atoms with Gasteiger partial charge in [0.2, 0.25) is 0 Å². The van der Waals surface area contributed by atoms with Crippen LogP contribution >= 0.6 is 11.8 Å². The molecule has 0 saturated heterocycles. The van der Waals surface area contributed by atoms with E-state index in [9.17, 15) is 0 Å². The zero-order valence-corrected chi connectivity index (χ0v) is 11.8. The van der Waals surface area contributed by atoms with Crippen LogP contribution in [0.3, 0.4) is 0 Å². The Morgan fingerprint density at radius 1 is 1.39 bits per heavy atom. The third-order valence-electron chi connectivity index (χ3n) is 3.06. The summed E-state index contributed by atoms with van der Waals surface area (Å²) in [6.45, 7) is 4.22. The van der Waals surface area contributed by atoms with Gasteiger partial charge in [-0.05, 0) is 37.1 Å². The molecule has 96 valence electrons. The van der Waals surface area contributed by atoms with Crippen molar-refractivity contribution in [2.75, 3.05) is 5.75 Å². The van der Waals surface area contributed by atoms with Gasteiger partial charge in [0.25, 0.3) is 0 Å². The van der Waals surface area contributed by atoms with Crippen molar-refractivity contribution < 1.29 is 0 Å². The number of hydrogen-bond acceptors (Lipinski definition) is 3. The van der Waals surface area contributed by atoms with E-state index < -0.39 is 0 Å². The van der Waals surface area contributed by atoms with E-state index >= 15 is 0 Å². The van der Waals surface area contributed by atoms with Crippen LogP contribution in [0.1, 0.15) is 17.5 Å². The molecule has 2 aromatic rings. The molecule has 1 aromatic heterocycles. The Morgan fingerprint density at radius 2 is 2.06 bits per heavy atom. The highest BCUT2D eigenvalue weighted by atomic mass is 32.2. The van der Waals surface area contributed by atoms with Crippen molar-refractivity contribution >= 4 is 28.6 Å². The number of nitrogens with two attached hydrogens (primary N) is 1. The van der Waals surface area contributed by atoms with Gasteiger partial charge in [0.1, 0.15) is 0 Å². The van der Waals surface area contributed by atoms with Gasteiger partial charge in [0.05, 0.1) is 16.9 Å². The Labute approximate surface area is 111 Å². The predicted octanol–water partition coefficient (Wildman–Crippen LogP) is 2.61. The van der Waals surface area contributed by atoms with Crippen LogP contribution in [0.15, 0.2) is 17.3 Å². The molecule has 0 radical (unpaired) electrons. The van der Waals surface area contributed by atoms with Crippen LogP contribution < -0.4 is 5.73 Å². The summed E-state index contributed by atoms with van der Waals surface area (Å²) < 4.78 is 2.10. The van der Waals surface area contributed by atoms with Crippen molar-refractivity contribution in [3.8, 4) is 0 Å². The maximum absolute atomic E-state index is 7.21. The van der Waals surface area contributed by atoms with Gasteiger partial charge in [-0.1, -0.05) is 11.8 Å². The second-order valence-corrected chi connectivity index (χ2v) is 5.56. The number of nitrogens with zero attached hydrogens (tertiary/aromatic N) is 2. The number of nitrogens with one attached hydrogen (secondary N) is 1. The van der Waals surface area contributed by atoms with Crippen molar-refractivity contribution in [2.24, 2.45) is 12.8 Å². The topological polar surface area (TPSA) is 67.7 Å². The van der Waals surface area contributed by atoms with Crippen molar-refractivity contribution in [2.45, 2.75) is 25.4 Å². The summed E-state index contributed by atoms with van der Waals surface area (Å²) in [5.41, 5.74) is 10.1. The summed E-state index contributed by atoms with van der Waals surface area (Å²) in [5, 5.41) is 8.20. The van der Waals surface area contributed by atoms with E-state index in [-0.39, 0.29) is 5.84 Å². The van der Waals surface area contributed by atoms with E-state index in [2.05, 4.69) is 35.5 Å². The maximum Gasteiger partial charge on any atom is 0.168 e. The fourth-order valence-electron chi connectivity index (χ4n) is 1.81. The maximum atomic E-state index is 7.21. The summed E-state index contributed by atoms with van der Waals surface area (Å²) in [5.74, 6) is 1.03. The minimum atomic E-state index is 0.230. The number of thioether (sulfide) groups is 1. The van der Waals surface area contributed by atoms with Crippen LogP contribution in [0, 0.1) is 19.3 Å². The van der Waals surface area contributed by atoms with E-state index in [1.165, 1.54) is 11.1 Å². The van der Waals surface area contributed by atoms with Gasteiger partial charge in [-0.15, -0.1) is 0 Å². The molecule has 0 aliphatic carbocycles. The number of aryl methyl sites for hydroxylation is 3. The van der Waals surface area contributed by atoms with Crippen molar-refractivity contribution in [1.82, 2.24) is 9.55 Å². The number of aromatic nitrogens is 2. The van der Waals surface area contributed by atoms with Gasteiger partial charge in [-0.3, -0.25) is 5.41 Å². The average molecular weight is 262 g/mol. The number of imidazole rings is 1. The fraction of sp³-hybridized carbons (Fsp3) is 0.385. The van der Waals surface area contributed by atoms with Gasteiger partial charge in [-0.2, -0.15) is 0 Å². The molecule has 0 bridgehead atoms. The molecule has 1 aromatic carbocycles. The molecule has 18 heavy (non-hydrogen) atoms. The first-order chi connectivity index (χ1) is 8.49. The number of hydrogen-bond donors (Lipinski definition) is 2. The van der Waals surface area contributed by atoms with E-state index in [4.69, 9.17) is 11.1 Å². The summed E-state index contributed by atoms with van der Waals surface area (Å²) in [6.07, 6.45) is 0.603. The van der Waals surface area contributed by atoms with E-state index in [0.717, 1.165) is 21.9 Å². The number of fused-ring (bicyclic) bond motifs is 1. The van der Waals surface area contributed by atoms with Crippen LogP contribution in [0.2, 0.25) is 0 Å². The third-order valence-corrected chi connectivity index (χ3v) is 4.09. The smallest absolute Gasteiger partial charge is 0.168 e. The lowest BCUT2D eigenvalue weighted by molar-refractivity contribution is 0.814. The Kier molecular flexibility index (Phi) is 3.61. The van der Waals surface area contributed by atoms with E-state index in [1.807, 2.05) is 7.05 Å². The molecular formula is C13H18N4S. The highest BCUT2D eigenvalue weighted by molar-refractivity contribution is 7.99. The summed E-state index contributed by atoms with van der Waals surface area (Å²) >= 11 is 1.64. The zero-order chi connectivity index (χ0) is 13.3. The highest BCUT2D eigenvalue weighted by Crippen LogP contribution is 2.25. The number of amidine groups is 1. The normalized spacial score (nSPS) is 11.1. The predicted molar refractivity (Wildman–Crippen MR) is 77.4 cm³/mol. The molecule has 0 unspecified atom stereocenters. The Balaban J connectivity index is 2.29. The van der Waals surface area contributed by atoms with Gasteiger partial charge in [0.15, 0.2) is 5.16 Å². The molecule has 2 rings (SSSR count). The molecule has 0 aliphatic rings. The second kappa shape index (κ2) is 5.02. The molecule has 0 fully saturated rings. The number of benzene rings is 1. The molecule has 5 heteroatoms. The Bertz CT molecular complexity index is 601. The molecule has 0 aliphatic heterocycles. The lowest BCUT2D eigenvalue weighted by atomic mass is 10.1. The first-order valence-electron chi connectivity index (χ1n) is 5.88. The minimum absolute atomic E-state index is 0.230. The van der Waals surface area contributed by atoms with Crippen LogP contribution in [-0.4, -0.2) is 21.1 Å².